The fourth-order valence-corrected chi connectivity index (χ4v) is 4.15. The zero-order valence-corrected chi connectivity index (χ0v) is 15.3. The minimum atomic E-state index is -3.46. The van der Waals surface area contributed by atoms with E-state index in [1.807, 2.05) is 0 Å². The van der Waals surface area contributed by atoms with E-state index < -0.39 is 22.0 Å². The van der Waals surface area contributed by atoms with Crippen LogP contribution in [0.5, 0.6) is 0 Å². The number of carbonyl (C=O) groups is 1. The van der Waals surface area contributed by atoms with E-state index in [1.54, 1.807) is 24.3 Å². The molecule has 0 saturated carbocycles. The Hall–Kier alpha value is -2.30. The quantitative estimate of drug-likeness (QED) is 0.742. The summed E-state index contributed by atoms with van der Waals surface area (Å²) in [5, 5.41) is 16.8. The monoisotopic (exact) mass is 379 g/mol. The Morgan fingerprint density at radius 2 is 2.08 bits per heavy atom. The number of amides is 1. The Morgan fingerprint density at radius 1 is 1.35 bits per heavy atom. The second-order valence-electron chi connectivity index (χ2n) is 6.48. The fourth-order valence-electron chi connectivity index (χ4n) is 2.99. The highest BCUT2D eigenvalue weighted by molar-refractivity contribution is 7.89. The van der Waals surface area contributed by atoms with E-state index in [2.05, 4.69) is 15.2 Å². The summed E-state index contributed by atoms with van der Waals surface area (Å²) in [6.45, 7) is 0.273. The number of aromatic amines is 1. The van der Waals surface area contributed by atoms with Crippen molar-refractivity contribution in [2.24, 2.45) is 5.92 Å². The molecule has 1 amide bonds. The average Bonchev–Trinajstić information content (AvgIpc) is 3.24. The highest BCUT2D eigenvalue weighted by Crippen LogP contribution is 2.25. The molecule has 1 saturated heterocycles. The molecule has 1 aromatic carbocycles. The van der Waals surface area contributed by atoms with Gasteiger partial charge in [0, 0.05) is 38.7 Å². The second-order valence-corrected chi connectivity index (χ2v) is 8.71. The molecule has 26 heavy (non-hydrogen) atoms. The number of sulfonamides is 1. The molecule has 2 N–H and O–H groups in total. The lowest BCUT2D eigenvalue weighted by Gasteiger charge is -2.18. The first kappa shape index (κ1) is 18.5. The van der Waals surface area contributed by atoms with Crippen LogP contribution in [0.2, 0.25) is 0 Å². The molecule has 0 radical (unpaired) electrons. The van der Waals surface area contributed by atoms with Crippen LogP contribution >= 0.6 is 0 Å². The zero-order chi connectivity index (χ0) is 18.9. The van der Waals surface area contributed by atoms with Crippen LogP contribution in [0, 0.1) is 5.92 Å². The van der Waals surface area contributed by atoms with Crippen molar-refractivity contribution in [2.75, 3.05) is 32.9 Å². The van der Waals surface area contributed by atoms with Crippen LogP contribution in [-0.4, -0.2) is 82.9 Å². The zero-order valence-electron chi connectivity index (χ0n) is 14.5. The van der Waals surface area contributed by atoms with Gasteiger partial charge in [0.15, 0.2) is 5.82 Å². The maximum Gasteiger partial charge on any atom is 0.254 e. The third-order valence-corrected chi connectivity index (χ3v) is 6.46. The summed E-state index contributed by atoms with van der Waals surface area (Å²) in [5.74, 6) is -0.528. The third kappa shape index (κ3) is 3.62. The van der Waals surface area contributed by atoms with Crippen molar-refractivity contribution in [2.45, 2.75) is 6.10 Å². The standard InChI is InChI=1S/C16H21N5O4S/c1-20(2)26(24,25)9-11-7-21(8-14(11)22)16(23)13-6-4-3-5-12(13)15-17-10-18-19-15/h3-6,10-11,14,22H,7-9H2,1-2H3,(H,17,18,19)/t11-,14+/m0/s1. The minimum Gasteiger partial charge on any atom is -0.391 e. The first-order chi connectivity index (χ1) is 12.3. The van der Waals surface area contributed by atoms with Crippen LogP contribution in [-0.2, 0) is 10.0 Å². The van der Waals surface area contributed by atoms with Crippen molar-refractivity contribution in [3.8, 4) is 11.4 Å². The van der Waals surface area contributed by atoms with Crippen LogP contribution in [0.3, 0.4) is 0 Å². The van der Waals surface area contributed by atoms with Gasteiger partial charge >= 0.3 is 0 Å². The lowest BCUT2D eigenvalue weighted by molar-refractivity contribution is 0.0765. The SMILES string of the molecule is CN(C)S(=O)(=O)C[C@@H]1CN(C(=O)c2ccccc2-c2ncn[nH]2)C[C@H]1O. The molecule has 0 spiro atoms. The Labute approximate surface area is 151 Å². The van der Waals surface area contributed by atoms with Crippen LogP contribution < -0.4 is 0 Å². The normalized spacial score (nSPS) is 20.7. The summed E-state index contributed by atoms with van der Waals surface area (Å²) in [7, 11) is -0.557. The lowest BCUT2D eigenvalue weighted by Crippen LogP contribution is -2.33. The second kappa shape index (κ2) is 7.14. The average molecular weight is 379 g/mol. The molecular weight excluding hydrogens is 358 g/mol. The van der Waals surface area contributed by atoms with Gasteiger partial charge in [-0.15, -0.1) is 0 Å². The van der Waals surface area contributed by atoms with Gasteiger partial charge in [-0.2, -0.15) is 5.10 Å². The molecular formula is C16H21N5O4S. The number of aliphatic hydroxyl groups excluding tert-OH is 1. The van der Waals surface area contributed by atoms with E-state index in [1.165, 1.54) is 25.3 Å². The molecule has 0 bridgehead atoms. The molecule has 0 aliphatic carbocycles. The number of β-amino-alcohol motifs (C(OH)–C–C–N with tert-alkyl or cyclic N) is 1. The van der Waals surface area contributed by atoms with E-state index in [0.717, 1.165) is 4.31 Å². The predicted molar refractivity (Wildman–Crippen MR) is 94.7 cm³/mol. The fraction of sp³-hybridized carbons (Fsp3) is 0.438. The van der Waals surface area contributed by atoms with Crippen molar-refractivity contribution >= 4 is 15.9 Å². The summed E-state index contributed by atoms with van der Waals surface area (Å²) < 4.78 is 25.3. The van der Waals surface area contributed by atoms with Crippen molar-refractivity contribution < 1.29 is 18.3 Å². The molecule has 1 aromatic heterocycles. The number of nitrogens with zero attached hydrogens (tertiary/aromatic N) is 4. The molecule has 1 aliphatic heterocycles. The van der Waals surface area contributed by atoms with Crippen molar-refractivity contribution in [1.82, 2.24) is 24.4 Å². The van der Waals surface area contributed by atoms with Crippen LogP contribution in [0.25, 0.3) is 11.4 Å². The molecule has 10 heteroatoms. The van der Waals surface area contributed by atoms with E-state index in [0.29, 0.717) is 17.0 Å². The minimum absolute atomic E-state index is 0.0944. The van der Waals surface area contributed by atoms with Crippen molar-refractivity contribution in [1.29, 1.82) is 0 Å². The number of carbonyl (C=O) groups excluding carboxylic acids is 1. The highest BCUT2D eigenvalue weighted by Gasteiger charge is 2.38. The molecule has 1 fully saturated rings. The maximum atomic E-state index is 12.9. The number of nitrogens with one attached hydrogen (secondary N) is 1. The largest absolute Gasteiger partial charge is 0.391 e. The van der Waals surface area contributed by atoms with Gasteiger partial charge in [0.1, 0.15) is 6.33 Å². The summed E-state index contributed by atoms with van der Waals surface area (Å²) in [6.07, 6.45) is 0.476. The number of likely N-dealkylation sites (tertiary alicyclic amines) is 1. The molecule has 2 heterocycles. The highest BCUT2D eigenvalue weighted by atomic mass is 32.2. The van der Waals surface area contributed by atoms with Gasteiger partial charge in [0.2, 0.25) is 10.0 Å². The smallest absolute Gasteiger partial charge is 0.254 e. The summed E-state index contributed by atoms with van der Waals surface area (Å²) >= 11 is 0. The Morgan fingerprint density at radius 3 is 2.73 bits per heavy atom. The number of hydrogen-bond donors (Lipinski definition) is 2. The molecule has 0 unspecified atom stereocenters. The summed E-state index contributed by atoms with van der Waals surface area (Å²) in [5.41, 5.74) is 1.03. The molecule has 3 rings (SSSR count). The molecule has 2 aromatic rings. The maximum absolute atomic E-state index is 12.9. The van der Waals surface area contributed by atoms with Crippen molar-refractivity contribution in [3.05, 3.63) is 36.2 Å². The van der Waals surface area contributed by atoms with Gasteiger partial charge < -0.3 is 10.0 Å². The van der Waals surface area contributed by atoms with Gasteiger partial charge in [0.05, 0.1) is 17.4 Å². The predicted octanol–water partition coefficient (Wildman–Crippen LogP) is -0.204. The Balaban J connectivity index is 1.80. The molecule has 2 atom stereocenters. The van der Waals surface area contributed by atoms with E-state index in [9.17, 15) is 18.3 Å². The van der Waals surface area contributed by atoms with Crippen LogP contribution in [0.1, 0.15) is 10.4 Å². The van der Waals surface area contributed by atoms with Gasteiger partial charge in [0.25, 0.3) is 5.91 Å². The van der Waals surface area contributed by atoms with Gasteiger partial charge in [-0.25, -0.2) is 17.7 Å². The third-order valence-electron chi connectivity index (χ3n) is 4.50. The van der Waals surface area contributed by atoms with Gasteiger partial charge in [-0.3, -0.25) is 9.89 Å². The van der Waals surface area contributed by atoms with E-state index in [-0.39, 0.29) is 24.7 Å². The number of aliphatic hydroxyl groups is 1. The Kier molecular flexibility index (Phi) is 5.08. The summed E-state index contributed by atoms with van der Waals surface area (Å²) in [6, 6.07) is 6.97. The first-order valence-electron chi connectivity index (χ1n) is 8.12. The summed E-state index contributed by atoms with van der Waals surface area (Å²) in [4.78, 5) is 18.5. The first-order valence-corrected chi connectivity index (χ1v) is 9.73. The number of benzene rings is 1. The van der Waals surface area contributed by atoms with Crippen LogP contribution in [0.15, 0.2) is 30.6 Å². The molecule has 1 aliphatic rings. The van der Waals surface area contributed by atoms with Gasteiger partial charge in [-0.1, -0.05) is 18.2 Å². The lowest BCUT2D eigenvalue weighted by atomic mass is 10.1. The van der Waals surface area contributed by atoms with E-state index in [4.69, 9.17) is 0 Å². The van der Waals surface area contributed by atoms with E-state index >= 15 is 0 Å². The van der Waals surface area contributed by atoms with Crippen LogP contribution in [0.4, 0.5) is 0 Å². The molecule has 9 nitrogen and oxygen atoms in total. The van der Waals surface area contributed by atoms with Crippen molar-refractivity contribution in [3.63, 3.8) is 0 Å². The Bertz CT molecular complexity index is 882. The van der Waals surface area contributed by atoms with Gasteiger partial charge in [-0.05, 0) is 6.07 Å². The number of H-pyrrole nitrogens is 1. The molecule has 140 valence electrons. The number of aromatic nitrogens is 3. The number of hydrogen-bond acceptors (Lipinski definition) is 6. The topological polar surface area (TPSA) is 119 Å². The number of rotatable bonds is 5.